The number of amides is 1. The minimum absolute atomic E-state index is 0.0557. The van der Waals surface area contributed by atoms with Gasteiger partial charge >= 0.3 is 5.97 Å². The molecule has 2 aromatic rings. The highest BCUT2D eigenvalue weighted by atomic mass is 32.1. The average molecular weight is 361 g/mol. The summed E-state index contributed by atoms with van der Waals surface area (Å²) in [7, 11) is 1.50. The van der Waals surface area contributed by atoms with Crippen LogP contribution in [-0.2, 0) is 14.3 Å². The molecule has 6 nitrogen and oxygen atoms in total. The van der Waals surface area contributed by atoms with Crippen LogP contribution in [0.1, 0.15) is 29.4 Å². The van der Waals surface area contributed by atoms with Crippen LogP contribution in [0.4, 0.5) is 5.69 Å². The smallest absolute Gasteiger partial charge is 0.307 e. The van der Waals surface area contributed by atoms with Gasteiger partial charge in [-0.3, -0.25) is 14.4 Å². The molecule has 1 amide bonds. The molecule has 1 N–H and O–H groups in total. The lowest BCUT2D eigenvalue weighted by molar-refractivity contribution is -0.153. The van der Waals surface area contributed by atoms with Gasteiger partial charge in [0, 0.05) is 6.42 Å². The molecule has 0 aliphatic rings. The molecule has 25 heavy (non-hydrogen) atoms. The predicted molar refractivity (Wildman–Crippen MR) is 95.1 cm³/mol. The second-order valence-electron chi connectivity index (χ2n) is 5.22. The van der Waals surface area contributed by atoms with Crippen LogP contribution >= 0.6 is 11.3 Å². The molecular weight excluding hydrogens is 342 g/mol. The molecule has 0 aliphatic carbocycles. The van der Waals surface area contributed by atoms with Crippen molar-refractivity contribution in [3.05, 3.63) is 46.7 Å². The predicted octanol–water partition coefficient (Wildman–Crippen LogP) is 3.29. The number of nitrogens with one attached hydrogen (secondary N) is 1. The van der Waals surface area contributed by atoms with Crippen LogP contribution in [0.2, 0.25) is 0 Å². The molecule has 1 aromatic carbocycles. The summed E-state index contributed by atoms with van der Waals surface area (Å²) >= 11 is 1.33. The normalized spacial score (nSPS) is 11.4. The molecule has 0 aliphatic heterocycles. The number of hydrogen-bond donors (Lipinski definition) is 1. The van der Waals surface area contributed by atoms with E-state index in [0.717, 1.165) is 0 Å². The highest BCUT2D eigenvalue weighted by Gasteiger charge is 2.20. The van der Waals surface area contributed by atoms with E-state index >= 15 is 0 Å². The maximum atomic E-state index is 12.1. The summed E-state index contributed by atoms with van der Waals surface area (Å²) in [4.78, 5) is 36.4. The van der Waals surface area contributed by atoms with Crippen LogP contribution in [0, 0.1) is 0 Å². The molecular formula is C18H19NO5S. The molecule has 0 unspecified atom stereocenters. The molecule has 1 atom stereocenters. The first-order chi connectivity index (χ1) is 12.0. The van der Waals surface area contributed by atoms with Gasteiger partial charge in [0.1, 0.15) is 5.75 Å². The Labute approximate surface area is 149 Å². The molecule has 0 spiro atoms. The molecule has 0 radical (unpaired) electrons. The number of para-hydroxylation sites is 2. The summed E-state index contributed by atoms with van der Waals surface area (Å²) in [6.07, 6.45) is -0.988. The maximum absolute atomic E-state index is 12.1. The van der Waals surface area contributed by atoms with Crippen LogP contribution in [-0.4, -0.2) is 30.9 Å². The Morgan fingerprint density at radius 2 is 1.88 bits per heavy atom. The van der Waals surface area contributed by atoms with Crippen molar-refractivity contribution in [2.24, 2.45) is 0 Å². The Bertz CT molecular complexity index is 742. The van der Waals surface area contributed by atoms with Gasteiger partial charge in [-0.15, -0.1) is 11.3 Å². The van der Waals surface area contributed by atoms with E-state index in [1.165, 1.54) is 25.4 Å². The average Bonchev–Trinajstić information content (AvgIpc) is 3.14. The summed E-state index contributed by atoms with van der Waals surface area (Å²) in [6.45, 7) is 1.48. The van der Waals surface area contributed by atoms with Crippen molar-refractivity contribution in [1.29, 1.82) is 0 Å². The summed E-state index contributed by atoms with van der Waals surface area (Å²) in [6, 6.07) is 10.4. The lowest BCUT2D eigenvalue weighted by Gasteiger charge is -2.15. The van der Waals surface area contributed by atoms with E-state index in [1.54, 1.807) is 41.8 Å². The second kappa shape index (κ2) is 8.98. The third-order valence-corrected chi connectivity index (χ3v) is 4.31. The molecule has 132 valence electrons. The van der Waals surface area contributed by atoms with Crippen LogP contribution in [0.15, 0.2) is 41.8 Å². The van der Waals surface area contributed by atoms with Crippen LogP contribution in [0.25, 0.3) is 0 Å². The Morgan fingerprint density at radius 3 is 2.56 bits per heavy atom. The summed E-state index contributed by atoms with van der Waals surface area (Å²) in [5.41, 5.74) is 0.491. The van der Waals surface area contributed by atoms with Gasteiger partial charge in [0.05, 0.1) is 24.1 Å². The van der Waals surface area contributed by atoms with E-state index in [-0.39, 0.29) is 18.6 Å². The number of ketones is 1. The van der Waals surface area contributed by atoms with Gasteiger partial charge in [0.2, 0.25) is 0 Å². The molecule has 0 bridgehead atoms. The summed E-state index contributed by atoms with van der Waals surface area (Å²) in [5.74, 6) is -0.663. The van der Waals surface area contributed by atoms with Crippen LogP contribution in [0.3, 0.4) is 0 Å². The molecule has 7 heteroatoms. The monoisotopic (exact) mass is 361 g/mol. The largest absolute Gasteiger partial charge is 0.495 e. The van der Waals surface area contributed by atoms with E-state index in [4.69, 9.17) is 9.47 Å². The van der Waals surface area contributed by atoms with Gasteiger partial charge < -0.3 is 14.8 Å². The van der Waals surface area contributed by atoms with Crippen molar-refractivity contribution in [3.63, 3.8) is 0 Å². The number of carbonyl (C=O) groups excluding carboxylic acids is 3. The highest BCUT2D eigenvalue weighted by molar-refractivity contribution is 7.12. The summed E-state index contributed by atoms with van der Waals surface area (Å²) in [5, 5.41) is 4.45. The number of methoxy groups -OCH3 is 1. The lowest BCUT2D eigenvalue weighted by Crippen LogP contribution is -2.30. The third kappa shape index (κ3) is 5.42. The lowest BCUT2D eigenvalue weighted by atomic mass is 10.2. The van der Waals surface area contributed by atoms with Crippen molar-refractivity contribution in [2.75, 3.05) is 12.4 Å². The molecule has 0 saturated heterocycles. The fraction of sp³-hybridized carbons (Fsp3) is 0.278. The Hall–Kier alpha value is -2.67. The number of rotatable bonds is 8. The number of ether oxygens (including phenoxy) is 2. The van der Waals surface area contributed by atoms with Gasteiger partial charge in [0.25, 0.3) is 5.91 Å². The molecule has 2 rings (SSSR count). The van der Waals surface area contributed by atoms with Crippen molar-refractivity contribution in [3.8, 4) is 5.75 Å². The van der Waals surface area contributed by atoms with Crippen molar-refractivity contribution < 1.29 is 23.9 Å². The highest BCUT2D eigenvalue weighted by Crippen LogP contribution is 2.23. The standard InChI is InChI=1S/C18H19NO5S/c1-12(18(22)19-13-6-3-4-7-15(13)23-2)24-17(21)10-9-14(20)16-8-5-11-25-16/h3-8,11-12H,9-10H2,1-2H3,(H,19,22)/t12-/m0/s1. The summed E-state index contributed by atoms with van der Waals surface area (Å²) < 4.78 is 10.2. The maximum Gasteiger partial charge on any atom is 0.307 e. The van der Waals surface area contributed by atoms with Crippen molar-refractivity contribution >= 4 is 34.7 Å². The number of carbonyl (C=O) groups is 3. The van der Waals surface area contributed by atoms with E-state index in [0.29, 0.717) is 16.3 Å². The van der Waals surface area contributed by atoms with Crippen LogP contribution < -0.4 is 10.1 Å². The first-order valence-corrected chi connectivity index (χ1v) is 8.59. The van der Waals surface area contributed by atoms with E-state index in [2.05, 4.69) is 5.32 Å². The van der Waals surface area contributed by atoms with Gasteiger partial charge in [-0.2, -0.15) is 0 Å². The zero-order chi connectivity index (χ0) is 18.2. The molecule has 0 fully saturated rings. The fourth-order valence-corrected chi connectivity index (χ4v) is 2.76. The van der Waals surface area contributed by atoms with E-state index in [9.17, 15) is 14.4 Å². The number of hydrogen-bond acceptors (Lipinski definition) is 6. The number of esters is 1. The van der Waals surface area contributed by atoms with Crippen LogP contribution in [0.5, 0.6) is 5.75 Å². The third-order valence-electron chi connectivity index (χ3n) is 3.39. The van der Waals surface area contributed by atoms with Gasteiger partial charge in [-0.1, -0.05) is 18.2 Å². The van der Waals surface area contributed by atoms with E-state index in [1.807, 2.05) is 0 Å². The second-order valence-corrected chi connectivity index (χ2v) is 6.17. The van der Waals surface area contributed by atoms with Crippen molar-refractivity contribution in [1.82, 2.24) is 0 Å². The number of anilines is 1. The fourth-order valence-electron chi connectivity index (χ4n) is 2.07. The first kappa shape index (κ1) is 18.7. The van der Waals surface area contributed by atoms with Gasteiger partial charge in [-0.05, 0) is 30.5 Å². The molecule has 1 aromatic heterocycles. The quantitative estimate of drug-likeness (QED) is 0.576. The zero-order valence-electron chi connectivity index (χ0n) is 14.0. The molecule has 0 saturated carbocycles. The number of benzene rings is 1. The van der Waals surface area contributed by atoms with Gasteiger partial charge in [-0.25, -0.2) is 0 Å². The first-order valence-electron chi connectivity index (χ1n) is 7.71. The SMILES string of the molecule is COc1ccccc1NC(=O)[C@H](C)OC(=O)CCC(=O)c1cccs1. The van der Waals surface area contributed by atoms with Gasteiger partial charge in [0.15, 0.2) is 11.9 Å². The Morgan fingerprint density at radius 1 is 1.12 bits per heavy atom. The minimum atomic E-state index is -0.978. The zero-order valence-corrected chi connectivity index (χ0v) is 14.8. The molecule has 1 heterocycles. The number of thiophene rings is 1. The number of Topliss-reactive ketones (excluding diaryl/α,β-unsaturated/α-hetero) is 1. The Balaban J connectivity index is 1.82. The topological polar surface area (TPSA) is 81.7 Å². The minimum Gasteiger partial charge on any atom is -0.495 e. The van der Waals surface area contributed by atoms with Crippen molar-refractivity contribution in [2.45, 2.75) is 25.9 Å². The Kier molecular flexibility index (Phi) is 6.71. The van der Waals surface area contributed by atoms with E-state index < -0.39 is 18.0 Å².